The smallest absolute Gasteiger partial charge is 0.410 e. The summed E-state index contributed by atoms with van der Waals surface area (Å²) in [6, 6.07) is 9.82. The molecule has 2 N–H and O–H groups in total. The molecular formula is C19H34N2O3. The van der Waals surface area contributed by atoms with Crippen LogP contribution in [0.15, 0.2) is 30.3 Å². The highest BCUT2D eigenvalue weighted by Crippen LogP contribution is 2.11. The van der Waals surface area contributed by atoms with E-state index in [4.69, 9.17) is 4.74 Å². The number of nitrogens with zero attached hydrogens (tertiary/aromatic N) is 1. The summed E-state index contributed by atoms with van der Waals surface area (Å²) in [4.78, 5) is 13.3. The molecule has 5 nitrogen and oxygen atoms in total. The molecule has 5 heteroatoms. The third-order valence-corrected chi connectivity index (χ3v) is 3.30. The molecule has 1 aromatic rings. The first kappa shape index (κ1) is 22.4. The van der Waals surface area contributed by atoms with Gasteiger partial charge in [0.2, 0.25) is 0 Å². The minimum absolute atomic E-state index is 0.132. The fourth-order valence-corrected chi connectivity index (χ4v) is 2.12. The number of rotatable bonds is 6. The van der Waals surface area contributed by atoms with E-state index in [9.17, 15) is 9.90 Å². The summed E-state index contributed by atoms with van der Waals surface area (Å²) in [6.45, 7) is 9.68. The second-order valence-electron chi connectivity index (χ2n) is 6.51. The average Bonchev–Trinajstić information content (AvgIpc) is 2.53. The van der Waals surface area contributed by atoms with Crippen molar-refractivity contribution in [1.29, 1.82) is 0 Å². The Labute approximate surface area is 147 Å². The highest BCUT2D eigenvalue weighted by Gasteiger charge is 2.24. The van der Waals surface area contributed by atoms with Gasteiger partial charge in [-0.25, -0.2) is 4.79 Å². The summed E-state index contributed by atoms with van der Waals surface area (Å²) in [7, 11) is 3.44. The van der Waals surface area contributed by atoms with Crippen molar-refractivity contribution in [3.8, 4) is 0 Å². The number of carbonyl (C=O) groups excluding carboxylic acids is 1. The maximum Gasteiger partial charge on any atom is 0.410 e. The van der Waals surface area contributed by atoms with Crippen LogP contribution in [0.2, 0.25) is 0 Å². The summed E-state index contributed by atoms with van der Waals surface area (Å²) >= 11 is 0. The molecule has 0 unspecified atom stereocenters. The van der Waals surface area contributed by atoms with Crippen LogP contribution in [0.1, 0.15) is 40.2 Å². The molecule has 0 aliphatic carbocycles. The predicted octanol–water partition coefficient (Wildman–Crippen LogP) is 3.07. The quantitative estimate of drug-likeness (QED) is 0.837. The molecule has 0 aromatic heterocycles. The van der Waals surface area contributed by atoms with Crippen molar-refractivity contribution in [1.82, 2.24) is 10.2 Å². The molecule has 0 radical (unpaired) electrons. The van der Waals surface area contributed by atoms with Crippen molar-refractivity contribution in [2.45, 2.75) is 58.8 Å². The number of likely N-dealkylation sites (N-methyl/N-ethyl adjacent to an activating group) is 2. The molecule has 1 rings (SSSR count). The largest absolute Gasteiger partial charge is 0.444 e. The number of nitrogens with one attached hydrogen (secondary N) is 1. The fourth-order valence-electron chi connectivity index (χ4n) is 2.12. The lowest BCUT2D eigenvalue weighted by molar-refractivity contribution is 0.0169. The Morgan fingerprint density at radius 1 is 1.25 bits per heavy atom. The Morgan fingerprint density at radius 3 is 2.25 bits per heavy atom. The first-order valence-electron chi connectivity index (χ1n) is 8.56. The SMILES string of the molecule is CC.CN[C@@H](Cc1ccccc1)[C@H](O)CN(C)C(=O)OC(C)(C)C. The number of amides is 1. The molecule has 0 bridgehead atoms. The first-order valence-corrected chi connectivity index (χ1v) is 8.56. The zero-order chi connectivity index (χ0) is 18.8. The number of carbonyl (C=O) groups is 1. The van der Waals surface area contributed by atoms with E-state index in [-0.39, 0.29) is 12.6 Å². The van der Waals surface area contributed by atoms with Gasteiger partial charge in [0.05, 0.1) is 12.6 Å². The van der Waals surface area contributed by atoms with E-state index in [1.165, 1.54) is 4.90 Å². The van der Waals surface area contributed by atoms with Crippen LogP contribution in [0.5, 0.6) is 0 Å². The average molecular weight is 338 g/mol. The molecule has 24 heavy (non-hydrogen) atoms. The van der Waals surface area contributed by atoms with Crippen LogP contribution in [-0.4, -0.2) is 54.5 Å². The van der Waals surface area contributed by atoms with E-state index in [2.05, 4.69) is 5.32 Å². The zero-order valence-corrected chi connectivity index (χ0v) is 16.2. The second kappa shape index (κ2) is 11.0. The Morgan fingerprint density at radius 2 is 1.79 bits per heavy atom. The van der Waals surface area contributed by atoms with Crippen LogP contribution in [-0.2, 0) is 11.2 Å². The van der Waals surface area contributed by atoms with Gasteiger partial charge in [0.15, 0.2) is 0 Å². The highest BCUT2D eigenvalue weighted by atomic mass is 16.6. The maximum atomic E-state index is 11.9. The lowest BCUT2D eigenvalue weighted by Crippen LogP contribution is -2.47. The minimum Gasteiger partial charge on any atom is -0.444 e. The predicted molar refractivity (Wildman–Crippen MR) is 99.2 cm³/mol. The summed E-state index contributed by atoms with van der Waals surface area (Å²) in [5, 5.41) is 13.5. The number of benzene rings is 1. The molecule has 0 aliphatic heterocycles. The molecule has 0 spiro atoms. The van der Waals surface area contributed by atoms with Crippen LogP contribution in [0.3, 0.4) is 0 Å². The second-order valence-corrected chi connectivity index (χ2v) is 6.51. The van der Waals surface area contributed by atoms with E-state index >= 15 is 0 Å². The lowest BCUT2D eigenvalue weighted by atomic mass is 10.0. The van der Waals surface area contributed by atoms with Gasteiger partial charge in [-0.1, -0.05) is 44.2 Å². The Kier molecular flexibility index (Phi) is 10.3. The third-order valence-electron chi connectivity index (χ3n) is 3.30. The van der Waals surface area contributed by atoms with Crippen LogP contribution >= 0.6 is 0 Å². The van der Waals surface area contributed by atoms with Crippen molar-refractivity contribution in [3.05, 3.63) is 35.9 Å². The van der Waals surface area contributed by atoms with Gasteiger partial charge in [-0.05, 0) is 39.8 Å². The standard InChI is InChI=1S/C17H28N2O3.C2H6/c1-17(2,3)22-16(21)19(5)12-15(20)14(18-4)11-13-9-7-6-8-10-13;1-2/h6-10,14-15,18,20H,11-12H2,1-5H3;1-2H3/t14-,15+;/m0./s1. The number of hydrogen-bond acceptors (Lipinski definition) is 4. The number of aliphatic hydroxyl groups is 1. The van der Waals surface area contributed by atoms with Crippen LogP contribution in [0, 0.1) is 0 Å². The number of ether oxygens (including phenoxy) is 1. The molecule has 0 saturated heterocycles. The molecule has 138 valence electrons. The minimum atomic E-state index is -0.678. The van der Waals surface area contributed by atoms with Gasteiger partial charge < -0.3 is 20.1 Å². The van der Waals surface area contributed by atoms with E-state index in [1.54, 1.807) is 7.05 Å². The summed E-state index contributed by atoms with van der Waals surface area (Å²) < 4.78 is 5.29. The Bertz CT molecular complexity index is 457. The van der Waals surface area contributed by atoms with Gasteiger partial charge in [-0.2, -0.15) is 0 Å². The van der Waals surface area contributed by atoms with E-state index in [1.807, 2.05) is 72.0 Å². The van der Waals surface area contributed by atoms with Crippen LogP contribution in [0.25, 0.3) is 0 Å². The van der Waals surface area contributed by atoms with Crippen molar-refractivity contribution in [2.24, 2.45) is 0 Å². The van der Waals surface area contributed by atoms with Gasteiger partial charge in [-0.3, -0.25) is 0 Å². The van der Waals surface area contributed by atoms with Crippen molar-refractivity contribution in [3.63, 3.8) is 0 Å². The first-order chi connectivity index (χ1) is 11.2. The van der Waals surface area contributed by atoms with Gasteiger partial charge in [-0.15, -0.1) is 0 Å². The monoisotopic (exact) mass is 338 g/mol. The van der Waals surface area contributed by atoms with Gasteiger partial charge in [0.1, 0.15) is 5.60 Å². The van der Waals surface area contributed by atoms with E-state index in [0.717, 1.165) is 5.56 Å². The molecule has 0 aliphatic rings. The number of aliphatic hydroxyl groups excluding tert-OH is 1. The molecule has 0 saturated carbocycles. The van der Waals surface area contributed by atoms with Crippen molar-refractivity contribution in [2.75, 3.05) is 20.6 Å². The lowest BCUT2D eigenvalue weighted by Gasteiger charge is -2.29. The molecule has 0 heterocycles. The topological polar surface area (TPSA) is 61.8 Å². The third kappa shape index (κ3) is 8.89. The summed E-state index contributed by atoms with van der Waals surface area (Å²) in [5.74, 6) is 0. The molecule has 2 atom stereocenters. The maximum absolute atomic E-state index is 11.9. The molecule has 0 fully saturated rings. The highest BCUT2D eigenvalue weighted by molar-refractivity contribution is 5.67. The normalized spacial score (nSPS) is 13.3. The molecule has 1 aromatic carbocycles. The Hall–Kier alpha value is -1.59. The van der Waals surface area contributed by atoms with Gasteiger partial charge in [0, 0.05) is 13.1 Å². The van der Waals surface area contributed by atoms with Gasteiger partial charge >= 0.3 is 6.09 Å². The number of hydrogen-bond donors (Lipinski definition) is 2. The molecule has 1 amide bonds. The van der Waals surface area contributed by atoms with E-state index in [0.29, 0.717) is 6.42 Å². The van der Waals surface area contributed by atoms with Crippen LogP contribution in [0.4, 0.5) is 4.79 Å². The van der Waals surface area contributed by atoms with Crippen LogP contribution < -0.4 is 5.32 Å². The summed E-state index contributed by atoms with van der Waals surface area (Å²) in [5.41, 5.74) is 0.601. The van der Waals surface area contributed by atoms with Gasteiger partial charge in [0.25, 0.3) is 0 Å². The van der Waals surface area contributed by atoms with E-state index < -0.39 is 17.8 Å². The zero-order valence-electron chi connectivity index (χ0n) is 16.2. The van der Waals surface area contributed by atoms with Crippen molar-refractivity contribution < 1.29 is 14.6 Å². The summed E-state index contributed by atoms with van der Waals surface area (Å²) in [6.07, 6.45) is -0.412. The fraction of sp³-hybridized carbons (Fsp3) is 0.632. The molecular weight excluding hydrogens is 304 g/mol. The van der Waals surface area contributed by atoms with Crippen molar-refractivity contribution >= 4 is 6.09 Å². The Balaban J connectivity index is 0.00000254.